The molecule has 2 aromatic rings. The molecule has 23 heavy (non-hydrogen) atoms. The number of anilines is 1. The van der Waals surface area contributed by atoms with E-state index in [1.807, 2.05) is 18.2 Å². The van der Waals surface area contributed by atoms with Gasteiger partial charge < -0.3 is 10.2 Å². The molecule has 0 radical (unpaired) electrons. The van der Waals surface area contributed by atoms with Gasteiger partial charge in [0.05, 0.1) is 5.56 Å². The molecule has 0 aliphatic rings. The molecule has 2 rings (SSSR count). The largest absolute Gasteiger partial charge is 0.372 e. The molecule has 5 heteroatoms. The maximum absolute atomic E-state index is 13.2. The Bertz CT molecular complexity index is 649. The summed E-state index contributed by atoms with van der Waals surface area (Å²) < 4.78 is 13.8. The topological polar surface area (TPSA) is 32.3 Å². The number of carbonyl (C=O) groups is 1. The van der Waals surface area contributed by atoms with Crippen LogP contribution in [0.15, 0.2) is 53.0 Å². The van der Waals surface area contributed by atoms with Gasteiger partial charge in [0.25, 0.3) is 5.91 Å². The van der Waals surface area contributed by atoms with Crippen LogP contribution in [0.3, 0.4) is 0 Å². The van der Waals surface area contributed by atoms with Crippen LogP contribution in [0.25, 0.3) is 0 Å². The molecule has 0 spiro atoms. The maximum Gasteiger partial charge on any atom is 0.252 e. The molecule has 122 valence electrons. The summed E-state index contributed by atoms with van der Waals surface area (Å²) in [6.45, 7) is 4.42. The Kier molecular flexibility index (Phi) is 6.59. The fourth-order valence-electron chi connectivity index (χ4n) is 2.35. The lowest BCUT2D eigenvalue weighted by atomic mass is 10.2. The molecule has 0 aliphatic heterocycles. The smallest absolute Gasteiger partial charge is 0.252 e. The molecular formula is C18H20BrFN2O. The number of para-hydroxylation sites is 1. The van der Waals surface area contributed by atoms with Crippen LogP contribution < -0.4 is 10.2 Å². The Labute approximate surface area is 144 Å². The van der Waals surface area contributed by atoms with Crippen LogP contribution in [0.1, 0.15) is 23.7 Å². The fraction of sp³-hybridized carbons (Fsp3) is 0.278. The van der Waals surface area contributed by atoms with Gasteiger partial charge in [-0.1, -0.05) is 18.2 Å². The molecule has 0 heterocycles. The minimum absolute atomic E-state index is 0.265. The third-order valence-corrected chi connectivity index (χ3v) is 4.26. The molecule has 1 amide bonds. The van der Waals surface area contributed by atoms with E-state index in [0.717, 1.165) is 19.5 Å². The van der Waals surface area contributed by atoms with Crippen molar-refractivity contribution >= 4 is 27.5 Å². The summed E-state index contributed by atoms with van der Waals surface area (Å²) in [6, 6.07) is 14.3. The van der Waals surface area contributed by atoms with E-state index in [2.05, 4.69) is 45.2 Å². The van der Waals surface area contributed by atoms with Gasteiger partial charge in [-0.3, -0.25) is 4.79 Å². The van der Waals surface area contributed by atoms with Crippen molar-refractivity contribution in [2.24, 2.45) is 0 Å². The second-order valence-corrected chi connectivity index (χ2v) is 6.00. The third kappa shape index (κ3) is 5.06. The number of carbonyl (C=O) groups excluding carboxylic acids is 1. The number of rotatable bonds is 7. The highest BCUT2D eigenvalue weighted by Crippen LogP contribution is 2.17. The molecule has 0 bridgehead atoms. The fourth-order valence-corrected chi connectivity index (χ4v) is 2.77. The lowest BCUT2D eigenvalue weighted by Crippen LogP contribution is -2.30. The first-order valence-corrected chi connectivity index (χ1v) is 8.44. The van der Waals surface area contributed by atoms with Crippen molar-refractivity contribution in [2.45, 2.75) is 13.3 Å². The second kappa shape index (κ2) is 8.67. The van der Waals surface area contributed by atoms with E-state index in [-0.39, 0.29) is 5.91 Å². The van der Waals surface area contributed by atoms with Gasteiger partial charge in [-0.2, -0.15) is 0 Å². The number of benzene rings is 2. The van der Waals surface area contributed by atoms with Crippen molar-refractivity contribution in [1.29, 1.82) is 0 Å². The summed E-state index contributed by atoms with van der Waals surface area (Å²) in [5, 5.41) is 2.84. The number of nitrogens with zero attached hydrogens (tertiary/aromatic N) is 1. The number of hydrogen-bond donors (Lipinski definition) is 1. The van der Waals surface area contributed by atoms with Gasteiger partial charge in [-0.25, -0.2) is 4.39 Å². The zero-order chi connectivity index (χ0) is 16.7. The molecule has 2 aromatic carbocycles. The molecule has 1 N–H and O–H groups in total. The van der Waals surface area contributed by atoms with E-state index in [1.165, 1.54) is 17.8 Å². The van der Waals surface area contributed by atoms with E-state index < -0.39 is 5.82 Å². The number of nitrogens with one attached hydrogen (secondary N) is 1. The SMILES string of the molecule is CCN(CCCNC(=O)c1cc(F)ccc1Br)c1ccccc1. The zero-order valence-corrected chi connectivity index (χ0v) is 14.6. The first kappa shape index (κ1) is 17.5. The van der Waals surface area contributed by atoms with Crippen LogP contribution in [-0.2, 0) is 0 Å². The van der Waals surface area contributed by atoms with Gasteiger partial charge >= 0.3 is 0 Å². The summed E-state index contributed by atoms with van der Waals surface area (Å²) in [7, 11) is 0. The number of amides is 1. The van der Waals surface area contributed by atoms with Crippen molar-refractivity contribution in [3.8, 4) is 0 Å². The van der Waals surface area contributed by atoms with Gasteiger partial charge in [-0.15, -0.1) is 0 Å². The first-order chi connectivity index (χ1) is 11.1. The lowest BCUT2D eigenvalue weighted by molar-refractivity contribution is 0.0952. The molecular weight excluding hydrogens is 359 g/mol. The van der Waals surface area contributed by atoms with Crippen LogP contribution in [0.5, 0.6) is 0 Å². The average Bonchev–Trinajstić information content (AvgIpc) is 2.57. The minimum Gasteiger partial charge on any atom is -0.372 e. The Morgan fingerprint density at radius 3 is 2.65 bits per heavy atom. The van der Waals surface area contributed by atoms with E-state index in [4.69, 9.17) is 0 Å². The van der Waals surface area contributed by atoms with Crippen molar-refractivity contribution in [3.63, 3.8) is 0 Å². The van der Waals surface area contributed by atoms with E-state index in [9.17, 15) is 9.18 Å². The third-order valence-electron chi connectivity index (χ3n) is 3.57. The molecule has 0 aliphatic carbocycles. The van der Waals surface area contributed by atoms with Crippen molar-refractivity contribution < 1.29 is 9.18 Å². The molecule has 3 nitrogen and oxygen atoms in total. The zero-order valence-electron chi connectivity index (χ0n) is 13.1. The highest BCUT2D eigenvalue weighted by molar-refractivity contribution is 9.10. The average molecular weight is 379 g/mol. The van der Waals surface area contributed by atoms with Crippen molar-refractivity contribution in [2.75, 3.05) is 24.5 Å². The Hall–Kier alpha value is -1.88. The van der Waals surface area contributed by atoms with Crippen molar-refractivity contribution in [3.05, 3.63) is 64.4 Å². The first-order valence-electron chi connectivity index (χ1n) is 7.65. The summed E-state index contributed by atoms with van der Waals surface area (Å²) in [5.74, 6) is -0.682. The van der Waals surface area contributed by atoms with Crippen LogP contribution in [0, 0.1) is 5.82 Å². The monoisotopic (exact) mass is 378 g/mol. The number of halogens is 2. The van der Waals surface area contributed by atoms with E-state index in [1.54, 1.807) is 6.07 Å². The van der Waals surface area contributed by atoms with Crippen molar-refractivity contribution in [1.82, 2.24) is 5.32 Å². The van der Waals surface area contributed by atoms with E-state index >= 15 is 0 Å². The van der Waals surface area contributed by atoms with Gasteiger partial charge in [0.15, 0.2) is 0 Å². The van der Waals surface area contributed by atoms with Gasteiger partial charge in [0.2, 0.25) is 0 Å². The second-order valence-electron chi connectivity index (χ2n) is 5.15. The molecule has 0 unspecified atom stereocenters. The maximum atomic E-state index is 13.2. The normalized spacial score (nSPS) is 10.4. The highest BCUT2D eigenvalue weighted by atomic mass is 79.9. The van der Waals surface area contributed by atoms with Gasteiger partial charge in [0, 0.05) is 29.8 Å². The number of hydrogen-bond acceptors (Lipinski definition) is 2. The summed E-state index contributed by atoms with van der Waals surface area (Å²) >= 11 is 3.27. The van der Waals surface area contributed by atoms with Crippen LogP contribution in [0.4, 0.5) is 10.1 Å². The Morgan fingerprint density at radius 1 is 1.22 bits per heavy atom. The molecule has 0 aromatic heterocycles. The minimum atomic E-state index is -0.417. The Balaban J connectivity index is 1.82. The molecule has 0 fully saturated rings. The molecule has 0 saturated carbocycles. The lowest BCUT2D eigenvalue weighted by Gasteiger charge is -2.23. The van der Waals surface area contributed by atoms with Crippen LogP contribution in [0.2, 0.25) is 0 Å². The Morgan fingerprint density at radius 2 is 1.96 bits per heavy atom. The van der Waals surface area contributed by atoms with Crippen LogP contribution in [-0.4, -0.2) is 25.5 Å². The standard InChI is InChI=1S/C18H20BrFN2O/c1-2-22(15-7-4-3-5-8-15)12-6-11-21-18(23)16-13-14(20)9-10-17(16)19/h3-5,7-10,13H,2,6,11-12H2,1H3,(H,21,23). The molecule has 0 saturated heterocycles. The predicted molar refractivity (Wildman–Crippen MR) is 95.4 cm³/mol. The quantitative estimate of drug-likeness (QED) is 0.730. The summed E-state index contributed by atoms with van der Waals surface area (Å²) in [6.07, 6.45) is 0.821. The van der Waals surface area contributed by atoms with Gasteiger partial charge in [0.1, 0.15) is 5.82 Å². The molecule has 0 atom stereocenters. The van der Waals surface area contributed by atoms with Gasteiger partial charge in [-0.05, 0) is 59.6 Å². The summed E-state index contributed by atoms with van der Waals surface area (Å²) in [5.41, 5.74) is 1.50. The highest BCUT2D eigenvalue weighted by Gasteiger charge is 2.11. The van der Waals surface area contributed by atoms with E-state index in [0.29, 0.717) is 16.6 Å². The van der Waals surface area contributed by atoms with Crippen LogP contribution >= 0.6 is 15.9 Å². The predicted octanol–water partition coefficient (Wildman–Crippen LogP) is 4.23. The summed E-state index contributed by atoms with van der Waals surface area (Å²) in [4.78, 5) is 14.3.